The van der Waals surface area contributed by atoms with Crippen LogP contribution >= 0.6 is 0 Å². The fraction of sp³-hybridized carbons (Fsp3) is 0.364. The van der Waals surface area contributed by atoms with Crippen molar-refractivity contribution in [3.63, 3.8) is 0 Å². The van der Waals surface area contributed by atoms with Crippen LogP contribution in [-0.2, 0) is 4.79 Å². The van der Waals surface area contributed by atoms with Gasteiger partial charge in [-0.2, -0.15) is 0 Å². The molecule has 27 heavy (non-hydrogen) atoms. The minimum atomic E-state index is -0.309. The van der Waals surface area contributed by atoms with E-state index >= 15 is 0 Å². The summed E-state index contributed by atoms with van der Waals surface area (Å²) in [6.45, 7) is 1.96. The zero-order chi connectivity index (χ0) is 18.8. The number of fused-ring (bicyclic) bond motifs is 2. The average molecular weight is 364 g/mol. The van der Waals surface area contributed by atoms with E-state index in [1.807, 2.05) is 19.1 Å². The van der Waals surface area contributed by atoms with Crippen LogP contribution in [0.4, 0.5) is 0 Å². The topological polar surface area (TPSA) is 71.3 Å². The molecule has 5 heteroatoms. The molecule has 1 aromatic heterocycles. The van der Waals surface area contributed by atoms with E-state index in [0.29, 0.717) is 17.2 Å². The Morgan fingerprint density at radius 1 is 1.11 bits per heavy atom. The summed E-state index contributed by atoms with van der Waals surface area (Å²) in [5.74, 6) is 1.26. The Hall–Kier alpha value is -2.82. The summed E-state index contributed by atoms with van der Waals surface area (Å²) >= 11 is 0. The molecule has 2 aliphatic carbocycles. The first-order valence-corrected chi connectivity index (χ1v) is 9.52. The Labute approximate surface area is 158 Å². The van der Waals surface area contributed by atoms with E-state index in [9.17, 15) is 9.59 Å². The maximum absolute atomic E-state index is 12.9. The summed E-state index contributed by atoms with van der Waals surface area (Å²) in [6, 6.07) is 11.0. The van der Waals surface area contributed by atoms with E-state index in [0.717, 1.165) is 17.9 Å². The van der Waals surface area contributed by atoms with Crippen molar-refractivity contribution in [2.45, 2.75) is 38.6 Å². The van der Waals surface area contributed by atoms with Gasteiger partial charge < -0.3 is 15.1 Å². The van der Waals surface area contributed by atoms with Crippen LogP contribution in [0.2, 0.25) is 0 Å². The van der Waals surface area contributed by atoms with Crippen molar-refractivity contribution >= 4 is 17.9 Å². The molecule has 2 saturated carbocycles. The van der Waals surface area contributed by atoms with E-state index in [1.54, 1.807) is 36.6 Å². The summed E-state index contributed by atoms with van der Waals surface area (Å²) in [5.41, 5.74) is 1.80. The SMILES string of the molecule is Cc1ccc(C(=O)N/C(=C\c2ccco2)C(=O)N[C@H]2C[C@@H]3CC[C@@H]2C3)cc1. The predicted molar refractivity (Wildman–Crippen MR) is 103 cm³/mol. The molecule has 1 heterocycles. The van der Waals surface area contributed by atoms with Gasteiger partial charge >= 0.3 is 0 Å². The monoisotopic (exact) mass is 364 g/mol. The van der Waals surface area contributed by atoms with Crippen LogP contribution < -0.4 is 10.6 Å². The smallest absolute Gasteiger partial charge is 0.268 e. The van der Waals surface area contributed by atoms with Crippen molar-refractivity contribution < 1.29 is 14.0 Å². The van der Waals surface area contributed by atoms with Crippen molar-refractivity contribution in [1.29, 1.82) is 0 Å². The summed E-state index contributed by atoms with van der Waals surface area (Å²) in [6.07, 6.45) is 7.82. The van der Waals surface area contributed by atoms with Crippen molar-refractivity contribution in [1.82, 2.24) is 10.6 Å². The lowest BCUT2D eigenvalue weighted by molar-refractivity contribution is -0.118. The van der Waals surface area contributed by atoms with Gasteiger partial charge in [-0.25, -0.2) is 0 Å². The maximum Gasteiger partial charge on any atom is 0.268 e. The molecule has 3 atom stereocenters. The van der Waals surface area contributed by atoms with Gasteiger partial charge in [-0.3, -0.25) is 9.59 Å². The normalized spacial score (nSPS) is 24.0. The zero-order valence-electron chi connectivity index (χ0n) is 15.4. The number of aryl methyl sites for hydroxylation is 1. The van der Waals surface area contributed by atoms with E-state index < -0.39 is 0 Å². The first-order chi connectivity index (χ1) is 13.1. The number of rotatable bonds is 5. The summed E-state index contributed by atoms with van der Waals surface area (Å²) < 4.78 is 5.33. The third-order valence-corrected chi connectivity index (χ3v) is 5.69. The van der Waals surface area contributed by atoms with Gasteiger partial charge in [0.2, 0.25) is 0 Å². The standard InChI is InChI=1S/C22H24N2O3/c1-14-4-7-16(8-5-14)21(25)24-20(13-18-3-2-10-27-18)22(26)23-19-12-15-6-9-17(19)11-15/h2-5,7-8,10,13,15,17,19H,6,9,11-12H2,1H3,(H,23,26)(H,24,25)/b20-13-/t15-,17-,19+/m1/s1. The fourth-order valence-electron chi connectivity index (χ4n) is 4.24. The predicted octanol–water partition coefficient (Wildman–Crippen LogP) is 3.66. The van der Waals surface area contributed by atoms with Gasteiger partial charge in [0, 0.05) is 17.7 Å². The highest BCUT2D eigenvalue weighted by atomic mass is 16.3. The Bertz CT molecular complexity index is 852. The molecule has 140 valence electrons. The Kier molecular flexibility index (Phi) is 4.84. The molecule has 0 spiro atoms. The lowest BCUT2D eigenvalue weighted by Gasteiger charge is -2.23. The second-order valence-electron chi connectivity index (χ2n) is 7.65. The highest BCUT2D eigenvalue weighted by molar-refractivity contribution is 6.05. The molecule has 2 aliphatic rings. The van der Waals surface area contributed by atoms with Crippen LogP contribution in [0, 0.1) is 18.8 Å². The molecule has 0 aliphatic heterocycles. The lowest BCUT2D eigenvalue weighted by Crippen LogP contribution is -2.42. The zero-order valence-corrected chi connectivity index (χ0v) is 15.4. The highest BCUT2D eigenvalue weighted by Gasteiger charge is 2.40. The Balaban J connectivity index is 1.51. The van der Waals surface area contributed by atoms with Crippen molar-refractivity contribution in [3.8, 4) is 0 Å². The van der Waals surface area contributed by atoms with E-state index in [-0.39, 0.29) is 23.6 Å². The number of amides is 2. The Morgan fingerprint density at radius 2 is 1.93 bits per heavy atom. The van der Waals surface area contributed by atoms with Crippen LogP contribution in [0.15, 0.2) is 52.8 Å². The second-order valence-corrected chi connectivity index (χ2v) is 7.65. The second kappa shape index (κ2) is 7.43. The Morgan fingerprint density at radius 3 is 2.56 bits per heavy atom. The van der Waals surface area contributed by atoms with Gasteiger partial charge in [0.1, 0.15) is 11.5 Å². The largest absolute Gasteiger partial charge is 0.465 e. The van der Waals surface area contributed by atoms with Gasteiger partial charge in [0.25, 0.3) is 11.8 Å². The molecular formula is C22H24N2O3. The lowest BCUT2D eigenvalue weighted by atomic mass is 9.95. The molecule has 1 aromatic carbocycles. The molecular weight excluding hydrogens is 340 g/mol. The molecule has 5 nitrogen and oxygen atoms in total. The summed E-state index contributed by atoms with van der Waals surface area (Å²) in [4.78, 5) is 25.5. The molecule has 4 rings (SSSR count). The fourth-order valence-corrected chi connectivity index (χ4v) is 4.24. The van der Waals surface area contributed by atoms with Crippen LogP contribution in [0.1, 0.15) is 47.4 Å². The molecule has 2 amide bonds. The average Bonchev–Trinajstić information content (AvgIpc) is 3.40. The molecule has 2 bridgehead atoms. The first-order valence-electron chi connectivity index (χ1n) is 9.52. The molecule has 0 saturated heterocycles. The van der Waals surface area contributed by atoms with Gasteiger partial charge in [-0.05, 0) is 62.3 Å². The minimum absolute atomic E-state index is 0.201. The number of carbonyl (C=O) groups is 2. The van der Waals surface area contributed by atoms with E-state index in [1.165, 1.54) is 19.3 Å². The molecule has 2 fully saturated rings. The summed E-state index contributed by atoms with van der Waals surface area (Å²) in [7, 11) is 0. The van der Waals surface area contributed by atoms with E-state index in [4.69, 9.17) is 4.42 Å². The van der Waals surface area contributed by atoms with Gasteiger partial charge in [-0.1, -0.05) is 24.1 Å². The van der Waals surface area contributed by atoms with Crippen LogP contribution in [0.3, 0.4) is 0 Å². The number of hydrogen-bond donors (Lipinski definition) is 2. The molecule has 2 N–H and O–H groups in total. The number of nitrogens with one attached hydrogen (secondary N) is 2. The van der Waals surface area contributed by atoms with Crippen molar-refractivity contribution in [2.75, 3.05) is 0 Å². The third-order valence-electron chi connectivity index (χ3n) is 5.69. The third kappa shape index (κ3) is 3.97. The van der Waals surface area contributed by atoms with Gasteiger partial charge in [-0.15, -0.1) is 0 Å². The van der Waals surface area contributed by atoms with Gasteiger partial charge in [0.15, 0.2) is 0 Å². The quantitative estimate of drug-likeness (QED) is 0.796. The molecule has 0 radical (unpaired) electrons. The molecule has 2 aromatic rings. The minimum Gasteiger partial charge on any atom is -0.465 e. The number of benzene rings is 1. The van der Waals surface area contributed by atoms with Crippen LogP contribution in [-0.4, -0.2) is 17.9 Å². The van der Waals surface area contributed by atoms with Gasteiger partial charge in [0.05, 0.1) is 6.26 Å². The highest BCUT2D eigenvalue weighted by Crippen LogP contribution is 2.44. The number of furan rings is 1. The number of hydrogen-bond acceptors (Lipinski definition) is 3. The van der Waals surface area contributed by atoms with Crippen molar-refractivity contribution in [3.05, 3.63) is 65.2 Å². The molecule has 0 unspecified atom stereocenters. The number of carbonyl (C=O) groups excluding carboxylic acids is 2. The van der Waals surface area contributed by atoms with Crippen LogP contribution in [0.5, 0.6) is 0 Å². The van der Waals surface area contributed by atoms with Crippen LogP contribution in [0.25, 0.3) is 6.08 Å². The first kappa shape index (κ1) is 17.6. The maximum atomic E-state index is 12.9. The van der Waals surface area contributed by atoms with Crippen molar-refractivity contribution in [2.24, 2.45) is 11.8 Å². The summed E-state index contributed by atoms with van der Waals surface area (Å²) in [5, 5.41) is 5.88. The van der Waals surface area contributed by atoms with E-state index in [2.05, 4.69) is 10.6 Å².